The number of aliphatic hydroxyl groups excluding tert-OH is 1. The van der Waals surface area contributed by atoms with E-state index in [1.54, 1.807) is 6.92 Å². The Balaban J connectivity index is -0.0000000326. The maximum Gasteiger partial charge on any atom is 1.00 e. The maximum atomic E-state index is 8.52. The van der Waals surface area contributed by atoms with Crippen molar-refractivity contribution >= 4 is 10.4 Å². The van der Waals surface area contributed by atoms with Gasteiger partial charge in [0.2, 0.25) is 0 Å². The van der Waals surface area contributed by atoms with Crippen molar-refractivity contribution in [2.24, 2.45) is 0 Å². The van der Waals surface area contributed by atoms with Crippen LogP contribution >= 0.6 is 0 Å². The monoisotopic (exact) mass is 220 g/mol. The van der Waals surface area contributed by atoms with Gasteiger partial charge in [-0.05, 0) is 6.92 Å². The van der Waals surface area contributed by atoms with Gasteiger partial charge in [-0.3, -0.25) is 8.42 Å². The Morgan fingerprint density at radius 1 is 1.30 bits per heavy atom. The Morgan fingerprint density at radius 2 is 1.30 bits per heavy atom. The third-order valence-corrected chi connectivity index (χ3v) is 0. The van der Waals surface area contributed by atoms with Gasteiger partial charge in [-0.25, -0.2) is 0 Å². The molecule has 52 valence electrons. The summed E-state index contributed by atoms with van der Waals surface area (Å²) in [5.41, 5.74) is 0. The molecule has 0 aliphatic carbocycles. The molecule has 0 saturated carbocycles. The van der Waals surface area contributed by atoms with E-state index in [1.807, 2.05) is 0 Å². The quantitative estimate of drug-likeness (QED) is 0.248. The van der Waals surface area contributed by atoms with Crippen LogP contribution in [0.1, 0.15) is 6.92 Å². The van der Waals surface area contributed by atoms with Gasteiger partial charge < -0.3 is 14.2 Å². The molecular weight excluding hydrogens is 214 g/mol. The van der Waals surface area contributed by atoms with Crippen molar-refractivity contribution in [3.63, 3.8) is 0 Å². The second-order valence-corrected chi connectivity index (χ2v) is 1.54. The van der Waals surface area contributed by atoms with E-state index in [0.29, 0.717) is 0 Å². The van der Waals surface area contributed by atoms with E-state index < -0.39 is 10.4 Å². The van der Waals surface area contributed by atoms with Crippen LogP contribution in [0.5, 0.6) is 0 Å². The Hall–Kier alpha value is 3.10. The van der Waals surface area contributed by atoms with Gasteiger partial charge in [0.15, 0.2) is 0 Å². The van der Waals surface area contributed by atoms with Crippen LogP contribution in [0.15, 0.2) is 0 Å². The van der Waals surface area contributed by atoms with Gasteiger partial charge in [-0.1, -0.05) is 0 Å². The zero-order chi connectivity index (χ0) is 7.21. The molecule has 5 nitrogen and oxygen atoms in total. The third kappa shape index (κ3) is 118. The summed E-state index contributed by atoms with van der Waals surface area (Å²) in [6, 6.07) is 0. The summed E-state index contributed by atoms with van der Waals surface area (Å²) >= 11 is 0. The van der Waals surface area contributed by atoms with Crippen LogP contribution in [0, 0.1) is 0 Å². The van der Waals surface area contributed by atoms with E-state index in [2.05, 4.69) is 0 Å². The van der Waals surface area contributed by atoms with Crippen molar-refractivity contribution in [3.8, 4) is 0 Å². The fourth-order valence-corrected chi connectivity index (χ4v) is 0. The molecule has 0 radical (unpaired) electrons. The van der Waals surface area contributed by atoms with E-state index in [1.165, 1.54) is 0 Å². The standard InChI is InChI=1S/C2H6O.2K.H2O4S/c1-2-3;;;1-5(2,3)4/h3H,2H2,1H3;;;(H2,1,2,3,4)/q;2*+1;/p-2. The molecule has 0 aromatic heterocycles. The predicted octanol–water partition coefficient (Wildman–Crippen LogP) is -7.33. The van der Waals surface area contributed by atoms with Crippen LogP contribution in [-0.2, 0) is 10.4 Å². The summed E-state index contributed by atoms with van der Waals surface area (Å²) < 4.78 is 34.1. The van der Waals surface area contributed by atoms with Crippen LogP contribution in [0.4, 0.5) is 0 Å². The molecule has 0 fully saturated rings. The Bertz CT molecular complexity index is 112. The minimum Gasteiger partial charge on any atom is -0.759 e. The van der Waals surface area contributed by atoms with Crippen molar-refractivity contribution in [2.75, 3.05) is 6.61 Å². The first-order valence-corrected chi connectivity index (χ1v) is 3.02. The third-order valence-electron chi connectivity index (χ3n) is 0. The van der Waals surface area contributed by atoms with E-state index in [4.69, 9.17) is 22.6 Å². The van der Waals surface area contributed by atoms with Crippen molar-refractivity contribution in [3.05, 3.63) is 0 Å². The summed E-state index contributed by atoms with van der Waals surface area (Å²) in [6.07, 6.45) is 0. The van der Waals surface area contributed by atoms with Crippen LogP contribution in [-0.4, -0.2) is 29.2 Å². The largest absolute Gasteiger partial charge is 1.00 e. The van der Waals surface area contributed by atoms with E-state index in [9.17, 15) is 0 Å². The summed E-state index contributed by atoms with van der Waals surface area (Å²) in [7, 11) is -5.17. The second kappa shape index (κ2) is 14.6. The van der Waals surface area contributed by atoms with Gasteiger partial charge in [0, 0.05) is 17.0 Å². The summed E-state index contributed by atoms with van der Waals surface area (Å²) in [6.45, 7) is 1.93. The summed E-state index contributed by atoms with van der Waals surface area (Å²) in [4.78, 5) is 0. The van der Waals surface area contributed by atoms with Crippen LogP contribution in [0.2, 0.25) is 0 Å². The molecule has 0 aromatic rings. The van der Waals surface area contributed by atoms with E-state index in [0.717, 1.165) is 0 Å². The van der Waals surface area contributed by atoms with Gasteiger partial charge >= 0.3 is 103 Å². The van der Waals surface area contributed by atoms with Crippen molar-refractivity contribution in [1.29, 1.82) is 0 Å². The summed E-state index contributed by atoms with van der Waals surface area (Å²) in [5.74, 6) is 0. The second-order valence-electron chi connectivity index (χ2n) is 0.724. The zero-order valence-corrected chi connectivity index (χ0v) is 13.3. The minimum atomic E-state index is -5.17. The molecule has 8 heteroatoms. The maximum absolute atomic E-state index is 8.52. The molecule has 0 unspecified atom stereocenters. The smallest absolute Gasteiger partial charge is 0.759 e. The fraction of sp³-hybridized carbons (Fsp3) is 1.00. The number of aliphatic hydroxyl groups is 1. The Kier molecular flexibility index (Phi) is 33.9. The molecule has 0 aliphatic heterocycles. The van der Waals surface area contributed by atoms with E-state index >= 15 is 0 Å². The molecular formula is C2H6K2O5S. The van der Waals surface area contributed by atoms with E-state index in [-0.39, 0.29) is 109 Å². The number of hydrogen-bond donors (Lipinski definition) is 1. The van der Waals surface area contributed by atoms with Crippen LogP contribution < -0.4 is 103 Å². The number of rotatable bonds is 0. The fourth-order valence-electron chi connectivity index (χ4n) is 0. The minimum absolute atomic E-state index is 0. The molecule has 0 amide bonds. The van der Waals surface area contributed by atoms with Crippen molar-refractivity contribution in [1.82, 2.24) is 0 Å². The van der Waals surface area contributed by atoms with Gasteiger partial charge in [0.25, 0.3) is 0 Å². The van der Waals surface area contributed by atoms with Crippen molar-refractivity contribution in [2.45, 2.75) is 6.92 Å². The normalized spacial score (nSPS) is 7.60. The Morgan fingerprint density at radius 3 is 1.30 bits per heavy atom. The average molecular weight is 220 g/mol. The van der Waals surface area contributed by atoms with Crippen molar-refractivity contribution < 1.29 is 125 Å². The van der Waals surface area contributed by atoms with Crippen LogP contribution in [0.3, 0.4) is 0 Å². The Labute approximate surface area is 145 Å². The molecule has 0 heterocycles. The molecule has 0 atom stereocenters. The molecule has 0 saturated heterocycles. The molecule has 1 N–H and O–H groups in total. The van der Waals surface area contributed by atoms with Gasteiger partial charge in [0.05, 0.1) is 0 Å². The molecule has 0 spiro atoms. The first-order valence-electron chi connectivity index (χ1n) is 1.69. The van der Waals surface area contributed by atoms with Gasteiger partial charge in [-0.2, -0.15) is 0 Å². The number of hydrogen-bond acceptors (Lipinski definition) is 5. The predicted molar refractivity (Wildman–Crippen MR) is 23.2 cm³/mol. The average Bonchev–Trinajstić information content (AvgIpc) is 1.27. The topological polar surface area (TPSA) is 100 Å². The van der Waals surface area contributed by atoms with Gasteiger partial charge in [0.1, 0.15) is 0 Å². The molecule has 10 heavy (non-hydrogen) atoms. The van der Waals surface area contributed by atoms with Gasteiger partial charge in [-0.15, -0.1) is 0 Å². The SMILES string of the molecule is CCO.O=S(=O)([O-])[O-].[K+].[K+]. The first-order chi connectivity index (χ1) is 3.41. The molecule has 0 rings (SSSR count). The molecule has 0 aromatic carbocycles. The van der Waals surface area contributed by atoms with Crippen LogP contribution in [0.25, 0.3) is 0 Å². The molecule has 0 aliphatic rings. The summed E-state index contributed by atoms with van der Waals surface area (Å²) in [5, 5.41) is 7.57. The first kappa shape index (κ1) is 23.2. The molecule has 0 bridgehead atoms. The zero-order valence-electron chi connectivity index (χ0n) is 6.20.